The van der Waals surface area contributed by atoms with Gasteiger partial charge >= 0.3 is 0 Å². The van der Waals surface area contributed by atoms with Crippen molar-refractivity contribution < 1.29 is 16.8 Å². The molecule has 2 fully saturated rings. The van der Waals surface area contributed by atoms with E-state index in [2.05, 4.69) is 72.2 Å². The van der Waals surface area contributed by atoms with Crippen molar-refractivity contribution in [2.75, 3.05) is 62.2 Å². The van der Waals surface area contributed by atoms with Crippen LogP contribution in [0.3, 0.4) is 0 Å². The lowest BCUT2D eigenvalue weighted by molar-refractivity contribution is 0.384. The number of halogens is 4. The van der Waals surface area contributed by atoms with Gasteiger partial charge in [-0.1, -0.05) is 107 Å². The third-order valence-electron chi connectivity index (χ3n) is 9.96. The molecule has 0 unspecified atom stereocenters. The Balaban J connectivity index is 0.000000179. The Morgan fingerprint density at radius 2 is 0.898 bits per heavy atom. The van der Waals surface area contributed by atoms with Gasteiger partial charge < -0.3 is 9.80 Å². The van der Waals surface area contributed by atoms with Crippen LogP contribution in [0, 0.1) is 6.92 Å². The molecule has 0 aliphatic carbocycles. The predicted molar refractivity (Wildman–Crippen MR) is 244 cm³/mol. The van der Waals surface area contributed by atoms with Gasteiger partial charge in [0.15, 0.2) is 10.3 Å². The van der Waals surface area contributed by atoms with Crippen molar-refractivity contribution in [3.8, 4) is 22.5 Å². The second-order valence-electron chi connectivity index (χ2n) is 13.9. The fourth-order valence-corrected chi connectivity index (χ4v) is 12.7. The van der Waals surface area contributed by atoms with Crippen molar-refractivity contribution in [1.82, 2.24) is 18.6 Å². The Labute approximate surface area is 373 Å². The first-order valence-electron chi connectivity index (χ1n) is 18.7. The van der Waals surface area contributed by atoms with Crippen LogP contribution in [0.2, 0.25) is 20.1 Å². The molecule has 18 heteroatoms. The molecule has 0 atom stereocenters. The molecule has 6 aromatic rings. The van der Waals surface area contributed by atoms with Gasteiger partial charge in [-0.15, -0.1) is 22.7 Å². The fourth-order valence-electron chi connectivity index (χ4n) is 6.61. The zero-order valence-corrected chi connectivity index (χ0v) is 38.4. The van der Waals surface area contributed by atoms with Crippen LogP contribution in [-0.2, 0) is 26.5 Å². The second-order valence-corrected chi connectivity index (χ2v) is 21.2. The van der Waals surface area contributed by atoms with Crippen molar-refractivity contribution >= 4 is 99.4 Å². The van der Waals surface area contributed by atoms with E-state index in [0.29, 0.717) is 72.4 Å². The first-order valence-corrected chi connectivity index (χ1v) is 24.8. The van der Waals surface area contributed by atoms with Crippen molar-refractivity contribution in [2.24, 2.45) is 0 Å². The van der Waals surface area contributed by atoms with E-state index in [1.165, 1.54) is 56.1 Å². The van der Waals surface area contributed by atoms with Crippen molar-refractivity contribution in [3.63, 3.8) is 0 Å². The predicted octanol–water partition coefficient (Wildman–Crippen LogP) is 10.1. The average Bonchev–Trinajstić information content (AvgIpc) is 3.93. The highest BCUT2D eigenvalue weighted by Gasteiger charge is 2.31. The van der Waals surface area contributed by atoms with Crippen LogP contribution >= 0.6 is 69.1 Å². The molecule has 59 heavy (non-hydrogen) atoms. The molecule has 2 aliphatic heterocycles. The van der Waals surface area contributed by atoms with Crippen molar-refractivity contribution in [3.05, 3.63) is 127 Å². The van der Waals surface area contributed by atoms with Gasteiger partial charge in [0, 0.05) is 94.3 Å². The second kappa shape index (κ2) is 18.8. The Bertz CT molecular complexity index is 2590. The van der Waals surface area contributed by atoms with Crippen LogP contribution in [0.1, 0.15) is 18.1 Å². The number of sulfonamides is 2. The van der Waals surface area contributed by atoms with E-state index in [0.717, 1.165) is 39.2 Å². The highest BCUT2D eigenvalue weighted by Crippen LogP contribution is 2.32. The maximum atomic E-state index is 13.0. The van der Waals surface area contributed by atoms with Gasteiger partial charge in [0.1, 0.15) is 0 Å². The minimum absolute atomic E-state index is 0.124. The summed E-state index contributed by atoms with van der Waals surface area (Å²) in [6.07, 6.45) is 1.01. The van der Waals surface area contributed by atoms with Gasteiger partial charge in [-0.25, -0.2) is 26.8 Å². The zero-order valence-electron chi connectivity index (χ0n) is 32.1. The van der Waals surface area contributed by atoms with E-state index in [1.807, 2.05) is 10.8 Å². The first-order chi connectivity index (χ1) is 28.2. The summed E-state index contributed by atoms with van der Waals surface area (Å²) in [5, 5.41) is 7.13. The lowest BCUT2D eigenvalue weighted by Crippen LogP contribution is -2.48. The summed E-state index contributed by atoms with van der Waals surface area (Å²) in [4.78, 5) is 14.0. The highest BCUT2D eigenvalue weighted by molar-refractivity contribution is 7.89. The van der Waals surface area contributed by atoms with E-state index in [4.69, 9.17) is 56.4 Å². The third-order valence-corrected chi connectivity index (χ3v) is 16.4. The molecule has 0 bridgehead atoms. The summed E-state index contributed by atoms with van der Waals surface area (Å²) in [7, 11) is -7.27. The third kappa shape index (κ3) is 10.4. The van der Waals surface area contributed by atoms with Crippen LogP contribution in [0.15, 0.2) is 105 Å². The summed E-state index contributed by atoms with van der Waals surface area (Å²) in [5.74, 6) is 0. The van der Waals surface area contributed by atoms with Gasteiger partial charge in [0.25, 0.3) is 0 Å². The molecule has 10 nitrogen and oxygen atoms in total. The number of thiazole rings is 2. The monoisotopic (exact) mass is 948 g/mol. The van der Waals surface area contributed by atoms with E-state index in [9.17, 15) is 16.8 Å². The summed E-state index contributed by atoms with van der Waals surface area (Å²) in [6.45, 7) is 8.03. The largest absolute Gasteiger partial charge is 0.345 e. The minimum Gasteiger partial charge on any atom is -0.345 e. The number of aromatic nitrogens is 2. The molecule has 4 aromatic carbocycles. The Kier molecular flexibility index (Phi) is 13.9. The normalized spacial score (nSPS) is 15.6. The molecule has 310 valence electrons. The van der Waals surface area contributed by atoms with Crippen molar-refractivity contribution in [2.45, 2.75) is 30.1 Å². The molecular formula is C41H40Cl4N6O4S4. The topological polar surface area (TPSA) is 107 Å². The summed E-state index contributed by atoms with van der Waals surface area (Å²) in [5.41, 5.74) is 6.57. The maximum Gasteiger partial charge on any atom is 0.243 e. The van der Waals surface area contributed by atoms with Crippen LogP contribution in [-0.4, -0.2) is 87.8 Å². The SMILES string of the molecule is CCc1ccc(-c2csc(N3CCN(S(=O)(=O)c4cc(Cl)cc(Cl)c4)CC3)n2)cc1.Cc1ccc(-c2csc(N3CCN(S(=O)(=O)c4cc(Cl)cc(Cl)c4)CC3)n2)cc1. The average molecular weight is 951 g/mol. The molecular weight excluding hydrogens is 911 g/mol. The van der Waals surface area contributed by atoms with Gasteiger partial charge in [-0.2, -0.15) is 8.61 Å². The molecule has 2 aromatic heterocycles. The standard InChI is InChI=1S/C21H21Cl2N3O2S2.C20H19Cl2N3O2S2/c1-2-15-3-5-16(6-4-15)20-14-29-21(24-20)25-7-9-26(10-8-25)30(27,28)19-12-17(22)11-18(23)13-19;1-14-2-4-15(5-3-14)19-13-28-20(23-19)24-6-8-25(9-7-24)29(26,27)18-11-16(21)10-17(22)12-18/h3-6,11-14H,2,7-10H2,1H3;2-5,10-13H,6-9H2,1H3. The number of hydrogen-bond donors (Lipinski definition) is 0. The number of aryl methyl sites for hydroxylation is 2. The highest BCUT2D eigenvalue weighted by atomic mass is 35.5. The molecule has 0 N–H and O–H groups in total. The Morgan fingerprint density at radius 3 is 1.25 bits per heavy atom. The summed E-state index contributed by atoms with van der Waals surface area (Å²) < 4.78 is 54.7. The number of rotatable bonds is 9. The summed E-state index contributed by atoms with van der Waals surface area (Å²) in [6, 6.07) is 25.5. The molecule has 0 radical (unpaired) electrons. The minimum atomic E-state index is -3.64. The lowest BCUT2D eigenvalue weighted by atomic mass is 10.1. The van der Waals surface area contributed by atoms with Gasteiger partial charge in [-0.05, 0) is 55.3 Å². The van der Waals surface area contributed by atoms with Crippen LogP contribution in [0.25, 0.3) is 22.5 Å². The first kappa shape index (κ1) is 43.8. The fraction of sp³-hybridized carbons (Fsp3) is 0.268. The number of nitrogens with zero attached hydrogens (tertiary/aromatic N) is 6. The Morgan fingerprint density at radius 1 is 0.542 bits per heavy atom. The molecule has 2 aliphatic rings. The van der Waals surface area contributed by atoms with Gasteiger partial charge in [-0.3, -0.25) is 0 Å². The summed E-state index contributed by atoms with van der Waals surface area (Å²) >= 11 is 27.1. The molecule has 2 saturated heterocycles. The van der Waals surface area contributed by atoms with E-state index < -0.39 is 20.0 Å². The maximum absolute atomic E-state index is 13.0. The number of anilines is 2. The molecule has 8 rings (SSSR count). The smallest absolute Gasteiger partial charge is 0.243 e. The zero-order chi connectivity index (χ0) is 41.9. The van der Waals surface area contributed by atoms with Crippen LogP contribution < -0.4 is 9.80 Å². The number of hydrogen-bond acceptors (Lipinski definition) is 10. The lowest BCUT2D eigenvalue weighted by Gasteiger charge is -2.33. The number of benzene rings is 4. The van der Waals surface area contributed by atoms with Crippen molar-refractivity contribution in [1.29, 1.82) is 0 Å². The molecule has 0 amide bonds. The molecule has 4 heterocycles. The quantitative estimate of drug-likeness (QED) is 0.141. The van der Waals surface area contributed by atoms with Gasteiger partial charge in [0.05, 0.1) is 21.2 Å². The van der Waals surface area contributed by atoms with E-state index in [-0.39, 0.29) is 9.79 Å². The Hall–Kier alpha value is -3.28. The van der Waals surface area contributed by atoms with E-state index in [1.54, 1.807) is 22.7 Å². The van der Waals surface area contributed by atoms with Gasteiger partial charge in [0.2, 0.25) is 20.0 Å². The van der Waals surface area contributed by atoms with E-state index >= 15 is 0 Å². The molecule has 0 saturated carbocycles. The van der Waals surface area contributed by atoms with Crippen LogP contribution in [0.5, 0.6) is 0 Å². The van der Waals surface area contributed by atoms with Crippen LogP contribution in [0.4, 0.5) is 10.3 Å². The molecule has 0 spiro atoms. The number of piperazine rings is 2.